The predicted molar refractivity (Wildman–Crippen MR) is 167 cm³/mol. The molecule has 0 saturated heterocycles. The van der Waals surface area contributed by atoms with Crippen LogP contribution >= 0.6 is 15.9 Å². The summed E-state index contributed by atoms with van der Waals surface area (Å²) >= 11 is 3.64. The van der Waals surface area contributed by atoms with Crippen LogP contribution < -0.4 is 14.8 Å². The number of nitrogens with one attached hydrogen (secondary N) is 1. The quantitative estimate of drug-likeness (QED) is 0.365. The lowest BCUT2D eigenvalue weighted by atomic mass is 9.64. The summed E-state index contributed by atoms with van der Waals surface area (Å²) in [6, 6.07) is 11.3. The van der Waals surface area contributed by atoms with Crippen LogP contribution in [0.4, 0.5) is 5.69 Å². The molecule has 2 aromatic carbocycles. The minimum absolute atomic E-state index is 0.0745. The number of benzene rings is 2. The molecule has 0 spiro atoms. The molecule has 7 nitrogen and oxygen atoms in total. The van der Waals surface area contributed by atoms with Crippen LogP contribution in [0, 0.1) is 17.8 Å². The number of allylic oxidation sites excluding steroid dienone is 4. The molecule has 0 radical (unpaired) electrons. The number of anilines is 1. The van der Waals surface area contributed by atoms with Gasteiger partial charge in [-0.25, -0.2) is 0 Å². The smallest absolute Gasteiger partial charge is 0.262 e. The minimum atomic E-state index is -0.498. The average Bonchev–Trinajstić information content (AvgIpc) is 2.89. The van der Waals surface area contributed by atoms with Gasteiger partial charge in [-0.15, -0.1) is 0 Å². The zero-order valence-corrected chi connectivity index (χ0v) is 27.0. The largest absolute Gasteiger partial charge is 0.493 e. The van der Waals surface area contributed by atoms with Gasteiger partial charge in [0.15, 0.2) is 29.7 Å². The molecule has 2 aromatic rings. The van der Waals surface area contributed by atoms with E-state index in [1.54, 1.807) is 0 Å². The minimum Gasteiger partial charge on any atom is -0.493 e. The van der Waals surface area contributed by atoms with E-state index >= 15 is 0 Å². The van der Waals surface area contributed by atoms with Gasteiger partial charge in [0.25, 0.3) is 5.91 Å². The van der Waals surface area contributed by atoms with E-state index in [9.17, 15) is 14.4 Å². The number of amides is 1. The first-order valence-electron chi connectivity index (χ1n) is 14.3. The number of rotatable bonds is 6. The molecular formula is C34H39BrN2O5. The molecule has 1 N–H and O–H groups in total. The van der Waals surface area contributed by atoms with Crippen molar-refractivity contribution < 1.29 is 23.9 Å². The normalized spacial score (nSPS) is 19.9. The summed E-state index contributed by atoms with van der Waals surface area (Å²) in [5.74, 6) is 0.142. The van der Waals surface area contributed by atoms with Gasteiger partial charge in [-0.3, -0.25) is 14.4 Å². The number of halogens is 1. The summed E-state index contributed by atoms with van der Waals surface area (Å²) in [4.78, 5) is 42.4. The van der Waals surface area contributed by atoms with Gasteiger partial charge in [-0.2, -0.15) is 0 Å². The highest BCUT2D eigenvalue weighted by Gasteiger charge is 2.48. The van der Waals surface area contributed by atoms with Crippen molar-refractivity contribution in [1.29, 1.82) is 0 Å². The molecule has 1 amide bonds. The highest BCUT2D eigenvalue weighted by atomic mass is 79.9. The van der Waals surface area contributed by atoms with E-state index in [1.807, 2.05) is 50.4 Å². The van der Waals surface area contributed by atoms with Gasteiger partial charge in [0.05, 0.1) is 11.6 Å². The summed E-state index contributed by atoms with van der Waals surface area (Å²) in [6.45, 7) is 10.3. The van der Waals surface area contributed by atoms with Crippen molar-refractivity contribution in [3.63, 3.8) is 0 Å². The topological polar surface area (TPSA) is 84.9 Å². The number of methoxy groups -OCH3 is 1. The number of ether oxygens (including phenoxy) is 2. The Kier molecular flexibility index (Phi) is 7.90. The Morgan fingerprint density at radius 2 is 1.50 bits per heavy atom. The average molecular weight is 636 g/mol. The molecule has 0 bridgehead atoms. The first kappa shape index (κ1) is 30.1. The van der Waals surface area contributed by atoms with E-state index in [4.69, 9.17) is 9.47 Å². The van der Waals surface area contributed by atoms with Crippen molar-refractivity contribution in [2.45, 2.75) is 66.2 Å². The molecule has 2 aliphatic carbocycles. The number of ketones is 2. The van der Waals surface area contributed by atoms with E-state index in [0.717, 1.165) is 35.4 Å². The van der Waals surface area contributed by atoms with E-state index in [0.29, 0.717) is 45.6 Å². The van der Waals surface area contributed by atoms with Gasteiger partial charge in [0.2, 0.25) is 0 Å². The summed E-state index contributed by atoms with van der Waals surface area (Å²) in [5.41, 5.74) is 5.61. The number of nitrogens with zero attached hydrogens (tertiary/aromatic N) is 1. The molecule has 1 heterocycles. The molecule has 0 atom stereocenters. The van der Waals surface area contributed by atoms with E-state index < -0.39 is 5.92 Å². The second-order valence-electron chi connectivity index (χ2n) is 13.3. The van der Waals surface area contributed by atoms with Crippen LogP contribution in [-0.4, -0.2) is 43.1 Å². The number of aryl methyl sites for hydroxylation is 1. The van der Waals surface area contributed by atoms with Crippen molar-refractivity contribution >= 4 is 39.1 Å². The zero-order chi connectivity index (χ0) is 30.6. The predicted octanol–water partition coefficient (Wildman–Crippen LogP) is 7.10. The standard InChI is InChI=1S/C34H39BrN2O5/c1-19-8-10-21(11-9-19)36-28(40)18-42-32-22(35)12-20(13-27(32)41-7)29-30-23(14-33(2,3)16-25(30)38)37(6)24-15-34(4,5)17-26(39)31(24)29/h8-13,29H,14-18H2,1-7H3,(H,36,40). The van der Waals surface area contributed by atoms with Gasteiger partial charge >= 0.3 is 0 Å². The molecule has 0 aromatic heterocycles. The molecular weight excluding hydrogens is 596 g/mol. The van der Waals surface area contributed by atoms with Crippen molar-refractivity contribution in [1.82, 2.24) is 4.90 Å². The zero-order valence-electron chi connectivity index (χ0n) is 25.4. The summed E-state index contributed by atoms with van der Waals surface area (Å²) < 4.78 is 12.3. The van der Waals surface area contributed by atoms with Crippen molar-refractivity contribution in [3.8, 4) is 11.5 Å². The molecule has 0 saturated carbocycles. The lowest BCUT2D eigenvalue weighted by molar-refractivity contribution is -0.120. The first-order valence-corrected chi connectivity index (χ1v) is 15.1. The van der Waals surface area contributed by atoms with Crippen LogP contribution in [0.2, 0.25) is 0 Å². The van der Waals surface area contributed by atoms with Crippen molar-refractivity contribution in [2.75, 3.05) is 26.1 Å². The van der Waals surface area contributed by atoms with Crippen LogP contribution in [-0.2, 0) is 14.4 Å². The summed E-state index contributed by atoms with van der Waals surface area (Å²) in [6.07, 6.45) is 2.35. The van der Waals surface area contributed by atoms with Crippen LogP contribution in [0.5, 0.6) is 11.5 Å². The third kappa shape index (κ3) is 5.78. The fraction of sp³-hybridized carbons (Fsp3) is 0.441. The van der Waals surface area contributed by atoms with Gasteiger partial charge in [0.1, 0.15) is 0 Å². The second-order valence-corrected chi connectivity index (χ2v) is 14.2. The highest BCUT2D eigenvalue weighted by Crippen LogP contribution is 2.55. The van der Waals surface area contributed by atoms with Gasteiger partial charge in [-0.05, 0) is 76.4 Å². The third-order valence-corrected chi connectivity index (χ3v) is 9.04. The third-order valence-electron chi connectivity index (χ3n) is 8.45. The molecule has 5 rings (SSSR count). The lowest BCUT2D eigenvalue weighted by Gasteiger charge is -2.48. The Hall–Kier alpha value is -3.39. The highest BCUT2D eigenvalue weighted by molar-refractivity contribution is 9.10. The summed E-state index contributed by atoms with van der Waals surface area (Å²) in [5, 5.41) is 2.84. The maximum atomic E-state index is 13.8. The number of hydrogen-bond donors (Lipinski definition) is 1. The number of hydrogen-bond acceptors (Lipinski definition) is 6. The first-order chi connectivity index (χ1) is 19.7. The second kappa shape index (κ2) is 11.0. The van der Waals surface area contributed by atoms with E-state index in [1.165, 1.54) is 7.11 Å². The van der Waals surface area contributed by atoms with Crippen molar-refractivity contribution in [2.24, 2.45) is 10.8 Å². The Labute approximate surface area is 256 Å². The molecule has 0 fully saturated rings. The number of Topliss-reactive ketones (excluding diaryl/α,β-unsaturated/α-hetero) is 2. The van der Waals surface area contributed by atoms with Gasteiger partial charge in [-0.1, -0.05) is 45.4 Å². The Morgan fingerprint density at radius 3 is 2.02 bits per heavy atom. The van der Waals surface area contributed by atoms with Crippen LogP contribution in [0.25, 0.3) is 0 Å². The molecule has 42 heavy (non-hydrogen) atoms. The molecule has 222 valence electrons. The Balaban J connectivity index is 1.53. The number of carbonyl (C=O) groups is 3. The molecule has 8 heteroatoms. The lowest BCUT2D eigenvalue weighted by Crippen LogP contribution is -2.43. The Morgan fingerprint density at radius 1 is 0.952 bits per heavy atom. The maximum Gasteiger partial charge on any atom is 0.262 e. The van der Waals surface area contributed by atoms with Crippen LogP contribution in [0.3, 0.4) is 0 Å². The van der Waals surface area contributed by atoms with E-state index in [2.05, 4.69) is 53.8 Å². The van der Waals surface area contributed by atoms with Crippen LogP contribution in [0.15, 0.2) is 63.4 Å². The molecule has 0 unspecified atom stereocenters. The molecule has 3 aliphatic rings. The molecule has 1 aliphatic heterocycles. The fourth-order valence-electron chi connectivity index (χ4n) is 6.52. The monoisotopic (exact) mass is 634 g/mol. The SMILES string of the molecule is COc1cc(C2C3=C(CC(C)(C)CC3=O)N(C)C3=C2C(=O)CC(C)(C)C3)cc(Br)c1OCC(=O)Nc1ccc(C)cc1. The van der Waals surface area contributed by atoms with E-state index in [-0.39, 0.29) is 34.9 Å². The Bertz CT molecular complexity index is 1480. The number of carbonyl (C=O) groups excluding carboxylic acids is 3. The van der Waals surface area contributed by atoms with Crippen molar-refractivity contribution in [3.05, 3.63) is 74.5 Å². The van der Waals surface area contributed by atoms with Gasteiger partial charge < -0.3 is 19.7 Å². The maximum absolute atomic E-state index is 13.8. The fourth-order valence-corrected chi connectivity index (χ4v) is 7.09. The van der Waals surface area contributed by atoms with Crippen LogP contribution in [0.1, 0.15) is 70.4 Å². The summed E-state index contributed by atoms with van der Waals surface area (Å²) in [7, 11) is 3.54. The van der Waals surface area contributed by atoms with Gasteiger partial charge in [0, 0.05) is 54.0 Å².